The van der Waals surface area contributed by atoms with Gasteiger partial charge in [-0.05, 0) is 6.07 Å². The molecule has 0 radical (unpaired) electrons. The van der Waals surface area contributed by atoms with E-state index in [1.165, 1.54) is 11.3 Å². The number of thiophene rings is 1. The molecule has 1 saturated heterocycles. The van der Waals surface area contributed by atoms with Crippen LogP contribution in [0.5, 0.6) is 0 Å². The van der Waals surface area contributed by atoms with E-state index < -0.39 is 0 Å². The molecule has 1 aliphatic heterocycles. The molecule has 112 valence electrons. The van der Waals surface area contributed by atoms with Crippen LogP contribution in [0.2, 0.25) is 0 Å². The van der Waals surface area contributed by atoms with E-state index in [1.807, 2.05) is 11.0 Å². The van der Waals surface area contributed by atoms with E-state index in [1.54, 1.807) is 12.4 Å². The van der Waals surface area contributed by atoms with Crippen LogP contribution in [0.1, 0.15) is 9.67 Å². The predicted octanol–water partition coefficient (Wildman–Crippen LogP) is 0.629. The Kier molecular flexibility index (Phi) is 4.05. The Bertz CT molecular complexity index is 649. The smallest absolute Gasteiger partial charge is 0.266 e. The lowest BCUT2D eigenvalue weighted by Gasteiger charge is -2.34. The number of aromatic nitrogens is 1. The van der Waals surface area contributed by atoms with Gasteiger partial charge >= 0.3 is 0 Å². The highest BCUT2D eigenvalue weighted by atomic mass is 32.1. The second kappa shape index (κ2) is 5.97. The fraction of sp³-hybridized carbons (Fsp3) is 0.429. The number of anilines is 1. The zero-order valence-corrected chi connectivity index (χ0v) is 12.5. The number of fused-ring (bicyclic) bond motifs is 1. The molecule has 0 unspecified atom stereocenters. The predicted molar refractivity (Wildman–Crippen MR) is 83.5 cm³/mol. The third-order valence-corrected chi connectivity index (χ3v) is 4.95. The van der Waals surface area contributed by atoms with Crippen molar-refractivity contribution in [3.05, 3.63) is 23.3 Å². The summed E-state index contributed by atoms with van der Waals surface area (Å²) >= 11 is 1.40. The molecule has 0 saturated carbocycles. The molecule has 6 nitrogen and oxygen atoms in total. The maximum absolute atomic E-state index is 12.6. The number of nitrogens with two attached hydrogens (primary N) is 1. The van der Waals surface area contributed by atoms with E-state index in [4.69, 9.17) is 10.8 Å². The summed E-state index contributed by atoms with van der Waals surface area (Å²) in [6.07, 6.45) is 3.43. The standard InChI is InChI=1S/C14H18N4O2S/c15-12-10-1-2-16-9-11(10)21-13(12)14(20)18-5-3-17(4-6-18)7-8-19/h1-2,9,19H,3-8,15H2. The number of aliphatic hydroxyl groups is 1. The molecule has 3 heterocycles. The molecule has 1 amide bonds. The van der Waals surface area contributed by atoms with Gasteiger partial charge in [-0.15, -0.1) is 11.3 Å². The summed E-state index contributed by atoms with van der Waals surface area (Å²) in [5.41, 5.74) is 6.67. The molecule has 2 aromatic rings. The van der Waals surface area contributed by atoms with Crippen LogP contribution >= 0.6 is 11.3 Å². The molecular formula is C14H18N4O2S. The summed E-state index contributed by atoms with van der Waals surface area (Å²) in [6.45, 7) is 3.75. The fourth-order valence-electron chi connectivity index (χ4n) is 2.59. The molecule has 1 aliphatic rings. The number of pyridine rings is 1. The van der Waals surface area contributed by atoms with Crippen LogP contribution in [-0.2, 0) is 0 Å². The Balaban J connectivity index is 1.77. The van der Waals surface area contributed by atoms with Crippen molar-refractivity contribution < 1.29 is 9.90 Å². The lowest BCUT2D eigenvalue weighted by Crippen LogP contribution is -2.49. The van der Waals surface area contributed by atoms with Crippen molar-refractivity contribution in [2.24, 2.45) is 0 Å². The maximum atomic E-state index is 12.6. The number of carbonyl (C=O) groups excluding carboxylic acids is 1. The van der Waals surface area contributed by atoms with Gasteiger partial charge in [0, 0.05) is 50.5 Å². The molecule has 3 rings (SSSR count). The Morgan fingerprint density at radius 3 is 2.81 bits per heavy atom. The third-order valence-electron chi connectivity index (χ3n) is 3.80. The topological polar surface area (TPSA) is 82.7 Å². The summed E-state index contributed by atoms with van der Waals surface area (Å²) in [6, 6.07) is 1.84. The van der Waals surface area contributed by atoms with E-state index in [0.717, 1.165) is 23.2 Å². The molecule has 0 aliphatic carbocycles. The van der Waals surface area contributed by atoms with Crippen molar-refractivity contribution in [3.8, 4) is 0 Å². The molecule has 21 heavy (non-hydrogen) atoms. The molecule has 0 spiro atoms. The van der Waals surface area contributed by atoms with E-state index in [2.05, 4.69) is 9.88 Å². The number of amides is 1. The quantitative estimate of drug-likeness (QED) is 0.869. The largest absolute Gasteiger partial charge is 0.397 e. The second-order valence-electron chi connectivity index (χ2n) is 5.07. The second-order valence-corrected chi connectivity index (χ2v) is 6.13. The Hall–Kier alpha value is -1.70. The molecule has 0 bridgehead atoms. The Labute approximate surface area is 126 Å². The normalized spacial score (nSPS) is 16.5. The van der Waals surface area contributed by atoms with Crippen molar-refractivity contribution >= 4 is 33.0 Å². The Morgan fingerprint density at radius 1 is 1.38 bits per heavy atom. The molecule has 0 aromatic carbocycles. The minimum atomic E-state index is -0.00246. The summed E-state index contributed by atoms with van der Waals surface area (Å²) in [4.78, 5) is 21.3. The zero-order valence-electron chi connectivity index (χ0n) is 11.7. The van der Waals surface area contributed by atoms with Crippen LogP contribution in [0, 0.1) is 0 Å². The van der Waals surface area contributed by atoms with Gasteiger partial charge < -0.3 is 15.7 Å². The molecule has 3 N–H and O–H groups in total. The number of β-amino-alcohol motifs (C(OH)–C–C–N with tert-alkyl or cyclic N) is 1. The maximum Gasteiger partial charge on any atom is 0.266 e. The number of hydrogen-bond acceptors (Lipinski definition) is 6. The van der Waals surface area contributed by atoms with Crippen molar-refractivity contribution in [1.29, 1.82) is 0 Å². The van der Waals surface area contributed by atoms with Crippen LogP contribution in [0.4, 0.5) is 5.69 Å². The SMILES string of the molecule is Nc1c(C(=O)N2CCN(CCO)CC2)sc2cnccc12. The molecule has 1 fully saturated rings. The van der Waals surface area contributed by atoms with E-state index in [-0.39, 0.29) is 12.5 Å². The van der Waals surface area contributed by atoms with Crippen LogP contribution in [0.25, 0.3) is 10.1 Å². The van der Waals surface area contributed by atoms with E-state index in [9.17, 15) is 4.79 Å². The average molecular weight is 306 g/mol. The minimum absolute atomic E-state index is 0.00246. The van der Waals surface area contributed by atoms with Gasteiger partial charge in [0.1, 0.15) is 4.88 Å². The van der Waals surface area contributed by atoms with Gasteiger partial charge in [0.05, 0.1) is 17.0 Å². The van der Waals surface area contributed by atoms with Crippen molar-refractivity contribution in [3.63, 3.8) is 0 Å². The van der Waals surface area contributed by atoms with Gasteiger partial charge in [-0.2, -0.15) is 0 Å². The molecule has 0 atom stereocenters. The van der Waals surface area contributed by atoms with Crippen LogP contribution < -0.4 is 5.73 Å². The number of rotatable bonds is 3. The lowest BCUT2D eigenvalue weighted by molar-refractivity contribution is 0.0620. The van der Waals surface area contributed by atoms with Gasteiger partial charge in [0.25, 0.3) is 5.91 Å². The number of aliphatic hydroxyl groups excluding tert-OH is 1. The number of hydrogen-bond donors (Lipinski definition) is 2. The first-order valence-corrected chi connectivity index (χ1v) is 7.77. The number of carbonyl (C=O) groups is 1. The number of piperazine rings is 1. The van der Waals surface area contributed by atoms with E-state index in [0.29, 0.717) is 30.2 Å². The van der Waals surface area contributed by atoms with Gasteiger partial charge in [-0.25, -0.2) is 0 Å². The number of nitrogen functional groups attached to an aromatic ring is 1. The lowest BCUT2D eigenvalue weighted by atomic mass is 10.2. The van der Waals surface area contributed by atoms with Crippen LogP contribution in [0.3, 0.4) is 0 Å². The third kappa shape index (κ3) is 2.72. The minimum Gasteiger partial charge on any atom is -0.397 e. The molecule has 7 heteroatoms. The van der Waals surface area contributed by atoms with Gasteiger partial charge in [-0.3, -0.25) is 14.7 Å². The molecular weight excluding hydrogens is 288 g/mol. The fourth-order valence-corrected chi connectivity index (χ4v) is 3.65. The average Bonchev–Trinajstić information content (AvgIpc) is 2.85. The van der Waals surface area contributed by atoms with Crippen molar-refractivity contribution in [2.45, 2.75) is 0 Å². The first-order valence-electron chi connectivity index (χ1n) is 6.95. The highest BCUT2D eigenvalue weighted by molar-refractivity contribution is 7.21. The number of nitrogens with zero attached hydrogens (tertiary/aromatic N) is 3. The van der Waals surface area contributed by atoms with Crippen molar-refractivity contribution in [1.82, 2.24) is 14.8 Å². The van der Waals surface area contributed by atoms with E-state index >= 15 is 0 Å². The summed E-state index contributed by atoms with van der Waals surface area (Å²) in [5.74, 6) is -0.00246. The van der Waals surface area contributed by atoms with Gasteiger partial charge in [0.15, 0.2) is 0 Å². The summed E-state index contributed by atoms with van der Waals surface area (Å²) in [5, 5.41) is 9.85. The van der Waals surface area contributed by atoms with Crippen LogP contribution in [-0.4, -0.2) is 65.1 Å². The zero-order chi connectivity index (χ0) is 14.8. The van der Waals surface area contributed by atoms with Gasteiger partial charge in [0.2, 0.25) is 0 Å². The first kappa shape index (κ1) is 14.2. The summed E-state index contributed by atoms with van der Waals surface area (Å²) < 4.78 is 0.942. The highest BCUT2D eigenvalue weighted by Gasteiger charge is 2.25. The molecule has 2 aromatic heterocycles. The van der Waals surface area contributed by atoms with Crippen molar-refractivity contribution in [2.75, 3.05) is 45.1 Å². The highest BCUT2D eigenvalue weighted by Crippen LogP contribution is 2.33. The Morgan fingerprint density at radius 2 is 2.14 bits per heavy atom. The summed E-state index contributed by atoms with van der Waals surface area (Å²) in [7, 11) is 0. The first-order chi connectivity index (χ1) is 10.2. The van der Waals surface area contributed by atoms with Crippen LogP contribution in [0.15, 0.2) is 18.5 Å². The van der Waals surface area contributed by atoms with Gasteiger partial charge in [-0.1, -0.05) is 0 Å². The monoisotopic (exact) mass is 306 g/mol.